The van der Waals surface area contributed by atoms with Gasteiger partial charge >= 0.3 is 0 Å². The van der Waals surface area contributed by atoms with Gasteiger partial charge in [-0.1, -0.05) is 60.3 Å². The molecular formula is C14H16Si. The van der Waals surface area contributed by atoms with E-state index in [1.165, 1.54) is 16.8 Å². The Morgan fingerprint density at radius 2 is 1.87 bits per heavy atom. The van der Waals surface area contributed by atoms with Gasteiger partial charge in [0.15, 0.2) is 0 Å². The minimum absolute atomic E-state index is 0.829. The third-order valence-electron chi connectivity index (χ3n) is 2.87. The molecule has 1 unspecified atom stereocenters. The van der Waals surface area contributed by atoms with Crippen LogP contribution in [0, 0.1) is 0 Å². The average molecular weight is 212 g/mol. The molecule has 15 heavy (non-hydrogen) atoms. The molecule has 0 aromatic heterocycles. The van der Waals surface area contributed by atoms with Crippen molar-refractivity contribution in [1.82, 2.24) is 0 Å². The SMILES string of the molecule is C=CC[SiH](C)c1cccc2ccccc12. The molecular weight excluding hydrogens is 196 g/mol. The Labute approximate surface area is 92.9 Å². The van der Waals surface area contributed by atoms with E-state index < -0.39 is 8.80 Å². The standard InChI is InChI=1S/C14H16Si/c1-3-11-15(2)14-10-6-8-12-7-4-5-9-13(12)14/h3-10,15H,1,11H2,2H3. The van der Waals surface area contributed by atoms with E-state index in [-0.39, 0.29) is 0 Å². The Kier molecular flexibility index (Phi) is 3.02. The second-order valence-corrected chi connectivity index (χ2v) is 6.89. The Balaban J connectivity index is 2.55. The second-order valence-electron chi connectivity index (χ2n) is 3.99. The van der Waals surface area contributed by atoms with Crippen LogP contribution in [0.3, 0.4) is 0 Å². The quantitative estimate of drug-likeness (QED) is 0.542. The molecule has 0 heterocycles. The monoisotopic (exact) mass is 212 g/mol. The van der Waals surface area contributed by atoms with Gasteiger partial charge in [-0.3, -0.25) is 0 Å². The van der Waals surface area contributed by atoms with Crippen LogP contribution in [0.25, 0.3) is 10.8 Å². The summed E-state index contributed by atoms with van der Waals surface area (Å²) in [5.74, 6) is 0. The predicted molar refractivity (Wildman–Crippen MR) is 71.6 cm³/mol. The fourth-order valence-corrected chi connectivity index (χ4v) is 4.04. The molecule has 0 N–H and O–H groups in total. The molecule has 0 bridgehead atoms. The van der Waals surface area contributed by atoms with Crippen LogP contribution in [-0.2, 0) is 0 Å². The number of allylic oxidation sites excluding steroid dienone is 1. The highest BCUT2D eigenvalue weighted by atomic mass is 28.3. The van der Waals surface area contributed by atoms with E-state index >= 15 is 0 Å². The summed E-state index contributed by atoms with van der Waals surface area (Å²) in [6.07, 6.45) is 2.05. The molecule has 0 aliphatic heterocycles. The highest BCUT2D eigenvalue weighted by Gasteiger charge is 2.08. The van der Waals surface area contributed by atoms with Crippen LogP contribution in [0.4, 0.5) is 0 Å². The van der Waals surface area contributed by atoms with Crippen molar-refractivity contribution in [3.05, 3.63) is 55.1 Å². The Morgan fingerprint density at radius 3 is 2.67 bits per heavy atom. The number of benzene rings is 2. The van der Waals surface area contributed by atoms with Crippen LogP contribution in [0.1, 0.15) is 0 Å². The zero-order chi connectivity index (χ0) is 10.7. The maximum Gasteiger partial charge on any atom is 0.0722 e. The largest absolute Gasteiger partial charge is 0.103 e. The first kappa shape index (κ1) is 10.2. The van der Waals surface area contributed by atoms with E-state index in [9.17, 15) is 0 Å². The van der Waals surface area contributed by atoms with Gasteiger partial charge in [0.1, 0.15) is 0 Å². The summed E-state index contributed by atoms with van der Waals surface area (Å²) in [5, 5.41) is 4.35. The summed E-state index contributed by atoms with van der Waals surface area (Å²) in [6, 6.07) is 16.5. The van der Waals surface area contributed by atoms with Crippen molar-refractivity contribution < 1.29 is 0 Å². The van der Waals surface area contributed by atoms with E-state index in [1.807, 2.05) is 0 Å². The summed E-state index contributed by atoms with van der Waals surface area (Å²) >= 11 is 0. The predicted octanol–water partition coefficient (Wildman–Crippen LogP) is 3.09. The van der Waals surface area contributed by atoms with Crippen LogP contribution in [-0.4, -0.2) is 8.80 Å². The molecule has 1 atom stereocenters. The molecule has 0 radical (unpaired) electrons. The molecule has 0 saturated heterocycles. The van der Waals surface area contributed by atoms with Crippen molar-refractivity contribution >= 4 is 24.8 Å². The van der Waals surface area contributed by atoms with Gasteiger partial charge in [-0.15, -0.1) is 6.58 Å². The number of hydrogen-bond acceptors (Lipinski definition) is 0. The molecule has 2 rings (SSSR count). The van der Waals surface area contributed by atoms with Crippen LogP contribution in [0.5, 0.6) is 0 Å². The lowest BCUT2D eigenvalue weighted by molar-refractivity contribution is 1.65. The molecule has 0 aliphatic carbocycles. The summed E-state index contributed by atoms with van der Waals surface area (Å²) in [7, 11) is -0.829. The molecule has 76 valence electrons. The first-order chi connectivity index (χ1) is 7.33. The van der Waals surface area contributed by atoms with Gasteiger partial charge in [0.05, 0.1) is 8.80 Å². The van der Waals surface area contributed by atoms with Crippen LogP contribution in [0.15, 0.2) is 55.1 Å². The summed E-state index contributed by atoms with van der Waals surface area (Å²) in [5.41, 5.74) is 0. The molecule has 0 fully saturated rings. The maximum atomic E-state index is 3.84. The minimum Gasteiger partial charge on any atom is -0.103 e. The fraction of sp³-hybridized carbons (Fsp3) is 0.143. The smallest absolute Gasteiger partial charge is 0.0722 e. The van der Waals surface area contributed by atoms with Crippen LogP contribution >= 0.6 is 0 Å². The third kappa shape index (κ3) is 2.02. The van der Waals surface area contributed by atoms with E-state index in [4.69, 9.17) is 0 Å². The van der Waals surface area contributed by atoms with Gasteiger partial charge in [0, 0.05) is 0 Å². The van der Waals surface area contributed by atoms with Crippen molar-refractivity contribution in [3.63, 3.8) is 0 Å². The molecule has 0 nitrogen and oxygen atoms in total. The van der Waals surface area contributed by atoms with E-state index in [0.717, 1.165) is 0 Å². The van der Waals surface area contributed by atoms with E-state index in [2.05, 4.69) is 61.7 Å². The molecule has 1 heteroatoms. The number of fused-ring (bicyclic) bond motifs is 1. The molecule has 0 amide bonds. The molecule has 2 aromatic carbocycles. The van der Waals surface area contributed by atoms with Crippen LogP contribution < -0.4 is 5.19 Å². The zero-order valence-corrected chi connectivity index (χ0v) is 10.3. The summed E-state index contributed by atoms with van der Waals surface area (Å²) in [6.45, 7) is 6.23. The Hall–Kier alpha value is -1.34. The number of rotatable bonds is 3. The topological polar surface area (TPSA) is 0 Å². The first-order valence-electron chi connectivity index (χ1n) is 5.41. The van der Waals surface area contributed by atoms with E-state index in [0.29, 0.717) is 0 Å². The van der Waals surface area contributed by atoms with Gasteiger partial charge in [-0.2, -0.15) is 0 Å². The van der Waals surface area contributed by atoms with Crippen molar-refractivity contribution in [2.75, 3.05) is 0 Å². The van der Waals surface area contributed by atoms with Gasteiger partial charge in [-0.25, -0.2) is 0 Å². The van der Waals surface area contributed by atoms with E-state index in [1.54, 1.807) is 5.19 Å². The van der Waals surface area contributed by atoms with Crippen LogP contribution in [0.2, 0.25) is 12.6 Å². The maximum absolute atomic E-state index is 3.84. The zero-order valence-electron chi connectivity index (χ0n) is 9.11. The van der Waals surface area contributed by atoms with Crippen molar-refractivity contribution in [3.8, 4) is 0 Å². The van der Waals surface area contributed by atoms with Crippen molar-refractivity contribution in [1.29, 1.82) is 0 Å². The average Bonchev–Trinajstić information content (AvgIpc) is 2.28. The lowest BCUT2D eigenvalue weighted by Gasteiger charge is -2.11. The highest BCUT2D eigenvalue weighted by Crippen LogP contribution is 2.12. The third-order valence-corrected chi connectivity index (χ3v) is 5.48. The second kappa shape index (κ2) is 4.45. The fourth-order valence-electron chi connectivity index (χ4n) is 2.06. The summed E-state index contributed by atoms with van der Waals surface area (Å²) in [4.78, 5) is 0. The summed E-state index contributed by atoms with van der Waals surface area (Å²) < 4.78 is 0. The molecule has 0 spiro atoms. The van der Waals surface area contributed by atoms with Crippen molar-refractivity contribution in [2.24, 2.45) is 0 Å². The molecule has 0 saturated carbocycles. The highest BCUT2D eigenvalue weighted by molar-refractivity contribution is 6.74. The van der Waals surface area contributed by atoms with Gasteiger partial charge < -0.3 is 0 Å². The van der Waals surface area contributed by atoms with Gasteiger partial charge in [-0.05, 0) is 16.8 Å². The Morgan fingerprint density at radius 1 is 1.13 bits per heavy atom. The van der Waals surface area contributed by atoms with Crippen molar-refractivity contribution in [2.45, 2.75) is 12.6 Å². The first-order valence-corrected chi connectivity index (χ1v) is 7.96. The number of hydrogen-bond donors (Lipinski definition) is 0. The minimum atomic E-state index is -0.829. The lowest BCUT2D eigenvalue weighted by Crippen LogP contribution is -2.26. The lowest BCUT2D eigenvalue weighted by atomic mass is 10.1. The van der Waals surface area contributed by atoms with Gasteiger partial charge in [0.25, 0.3) is 0 Å². The molecule has 0 aliphatic rings. The van der Waals surface area contributed by atoms with Gasteiger partial charge in [0.2, 0.25) is 0 Å². The normalized spacial score (nSPS) is 12.6. The Bertz CT molecular complexity index is 468. The molecule has 2 aromatic rings.